The lowest BCUT2D eigenvalue weighted by Gasteiger charge is -2.39. The number of hydrogen-bond donors (Lipinski definition) is 0. The van der Waals surface area contributed by atoms with Gasteiger partial charge in [-0.05, 0) is 43.2 Å². The Morgan fingerprint density at radius 3 is 2.13 bits per heavy atom. The van der Waals surface area contributed by atoms with E-state index in [-0.39, 0.29) is 10.3 Å². The molecule has 1 heterocycles. The van der Waals surface area contributed by atoms with Gasteiger partial charge in [-0.25, -0.2) is 8.42 Å². The second-order valence-corrected chi connectivity index (χ2v) is 8.52. The van der Waals surface area contributed by atoms with E-state index in [0.717, 1.165) is 25.7 Å². The highest BCUT2D eigenvalue weighted by molar-refractivity contribution is 7.89. The Morgan fingerprint density at radius 2 is 1.57 bits per heavy atom. The lowest BCUT2D eigenvalue weighted by molar-refractivity contribution is 0.152. The van der Waals surface area contributed by atoms with Crippen LogP contribution in [0.5, 0.6) is 11.5 Å². The second kappa shape index (κ2) is 6.32. The fourth-order valence-corrected chi connectivity index (χ4v) is 5.98. The van der Waals surface area contributed by atoms with Gasteiger partial charge in [0.1, 0.15) is 11.5 Å². The maximum absolute atomic E-state index is 13.3. The maximum Gasteiger partial charge on any atom is 0.250 e. The molecule has 2 fully saturated rings. The number of benzene rings is 1. The Labute approximate surface area is 138 Å². The van der Waals surface area contributed by atoms with Gasteiger partial charge in [0.05, 0.1) is 14.2 Å². The van der Waals surface area contributed by atoms with Crippen molar-refractivity contribution in [2.24, 2.45) is 5.41 Å². The van der Waals surface area contributed by atoms with Crippen LogP contribution in [0.1, 0.15) is 38.5 Å². The van der Waals surface area contributed by atoms with Crippen molar-refractivity contribution in [1.82, 2.24) is 4.31 Å². The minimum absolute atomic E-state index is 0.153. The van der Waals surface area contributed by atoms with Crippen LogP contribution < -0.4 is 9.47 Å². The Morgan fingerprint density at radius 1 is 1.00 bits per heavy atom. The smallest absolute Gasteiger partial charge is 0.250 e. The highest BCUT2D eigenvalue weighted by Gasteiger charge is 2.43. The zero-order chi connectivity index (χ0) is 16.5. The van der Waals surface area contributed by atoms with E-state index >= 15 is 0 Å². The van der Waals surface area contributed by atoms with Gasteiger partial charge in [-0.2, -0.15) is 4.31 Å². The number of hydrogen-bond acceptors (Lipinski definition) is 4. The Bertz CT molecular complexity index is 643. The summed E-state index contributed by atoms with van der Waals surface area (Å²) in [4.78, 5) is 0.153. The molecule has 0 N–H and O–H groups in total. The van der Waals surface area contributed by atoms with Crippen LogP contribution in [0.3, 0.4) is 0 Å². The molecule has 5 nitrogen and oxygen atoms in total. The molecule has 0 bridgehead atoms. The summed E-state index contributed by atoms with van der Waals surface area (Å²) in [5.41, 5.74) is 0.181. The lowest BCUT2D eigenvalue weighted by Crippen LogP contribution is -2.45. The lowest BCUT2D eigenvalue weighted by atomic mass is 9.79. The zero-order valence-electron chi connectivity index (χ0n) is 13.9. The summed E-state index contributed by atoms with van der Waals surface area (Å²) in [7, 11) is -0.651. The molecule has 23 heavy (non-hydrogen) atoms. The van der Waals surface area contributed by atoms with E-state index in [1.165, 1.54) is 27.1 Å². The quantitative estimate of drug-likeness (QED) is 0.846. The first-order chi connectivity index (χ1) is 11.0. The van der Waals surface area contributed by atoms with E-state index in [1.807, 2.05) is 0 Å². The highest BCUT2D eigenvalue weighted by Crippen LogP contribution is 2.46. The SMILES string of the molecule is COc1cccc(OC)c1S(=O)(=O)N1CCCC2(CCCC2)C1. The van der Waals surface area contributed by atoms with Crippen LogP contribution in [0.4, 0.5) is 0 Å². The third-order valence-corrected chi connectivity index (χ3v) is 7.18. The summed E-state index contributed by atoms with van der Waals surface area (Å²) < 4.78 is 38.7. The molecule has 0 atom stereocenters. The van der Waals surface area contributed by atoms with Gasteiger partial charge >= 0.3 is 0 Å². The minimum Gasteiger partial charge on any atom is -0.495 e. The maximum atomic E-state index is 13.3. The van der Waals surface area contributed by atoms with Crippen molar-refractivity contribution in [1.29, 1.82) is 0 Å². The van der Waals surface area contributed by atoms with E-state index in [2.05, 4.69) is 0 Å². The molecule has 1 aliphatic carbocycles. The first-order valence-electron chi connectivity index (χ1n) is 8.24. The minimum atomic E-state index is -3.63. The molecule has 0 unspecified atom stereocenters. The Hall–Kier alpha value is -1.27. The second-order valence-electron chi connectivity index (χ2n) is 6.64. The molecule has 1 spiro atoms. The number of piperidine rings is 1. The van der Waals surface area contributed by atoms with Crippen molar-refractivity contribution in [2.45, 2.75) is 43.4 Å². The largest absolute Gasteiger partial charge is 0.495 e. The van der Waals surface area contributed by atoms with Crippen LogP contribution >= 0.6 is 0 Å². The average molecular weight is 339 g/mol. The van der Waals surface area contributed by atoms with Crippen molar-refractivity contribution in [3.63, 3.8) is 0 Å². The van der Waals surface area contributed by atoms with E-state index < -0.39 is 10.0 Å². The summed E-state index contributed by atoms with van der Waals surface area (Å²) in [5, 5.41) is 0. The average Bonchev–Trinajstić information content (AvgIpc) is 3.01. The van der Waals surface area contributed by atoms with Crippen molar-refractivity contribution >= 4 is 10.0 Å². The van der Waals surface area contributed by atoms with Gasteiger partial charge in [0.15, 0.2) is 4.90 Å². The van der Waals surface area contributed by atoms with Crippen molar-refractivity contribution in [3.8, 4) is 11.5 Å². The summed E-state index contributed by atoms with van der Waals surface area (Å²) in [6.07, 6.45) is 6.78. The van der Waals surface area contributed by atoms with E-state index in [1.54, 1.807) is 22.5 Å². The van der Waals surface area contributed by atoms with E-state index in [9.17, 15) is 8.42 Å². The summed E-state index contributed by atoms with van der Waals surface area (Å²) in [6.45, 7) is 1.20. The van der Waals surface area contributed by atoms with Crippen LogP contribution in [0.15, 0.2) is 23.1 Å². The predicted molar refractivity (Wildman–Crippen MR) is 88.4 cm³/mol. The van der Waals surface area contributed by atoms with Gasteiger partial charge in [-0.1, -0.05) is 18.9 Å². The molecule has 1 aromatic rings. The van der Waals surface area contributed by atoms with Crippen LogP contribution in [-0.4, -0.2) is 40.0 Å². The first kappa shape index (κ1) is 16.6. The topological polar surface area (TPSA) is 55.8 Å². The van der Waals surface area contributed by atoms with E-state index in [4.69, 9.17) is 9.47 Å². The van der Waals surface area contributed by atoms with Crippen molar-refractivity contribution in [3.05, 3.63) is 18.2 Å². The molecule has 128 valence electrons. The molecule has 2 aliphatic rings. The molecule has 3 rings (SSSR count). The molecule has 1 saturated carbocycles. The fourth-order valence-electron chi connectivity index (χ4n) is 4.10. The van der Waals surface area contributed by atoms with Gasteiger partial charge in [0, 0.05) is 13.1 Å². The zero-order valence-corrected chi connectivity index (χ0v) is 14.7. The van der Waals surface area contributed by atoms with Gasteiger partial charge in [-0.3, -0.25) is 0 Å². The van der Waals surface area contributed by atoms with Crippen LogP contribution in [-0.2, 0) is 10.0 Å². The Balaban J connectivity index is 1.98. The van der Waals surface area contributed by atoms with Crippen LogP contribution in [0.2, 0.25) is 0 Å². The van der Waals surface area contributed by atoms with Gasteiger partial charge in [-0.15, -0.1) is 0 Å². The molecule has 1 aromatic carbocycles. The molecule has 0 radical (unpaired) electrons. The molecule has 1 aliphatic heterocycles. The molecule has 6 heteroatoms. The molecule has 0 amide bonds. The first-order valence-corrected chi connectivity index (χ1v) is 9.68. The van der Waals surface area contributed by atoms with E-state index in [0.29, 0.717) is 24.6 Å². The predicted octanol–water partition coefficient (Wildman–Crippen LogP) is 3.05. The van der Waals surface area contributed by atoms with Crippen molar-refractivity contribution in [2.75, 3.05) is 27.3 Å². The molecule has 1 saturated heterocycles. The van der Waals surface area contributed by atoms with Crippen LogP contribution in [0, 0.1) is 5.41 Å². The normalized spacial score (nSPS) is 21.5. The standard InChI is InChI=1S/C17H25NO4S/c1-21-14-7-5-8-15(22-2)16(14)23(19,20)18-12-6-11-17(13-18)9-3-4-10-17/h5,7-8H,3-4,6,9-13H2,1-2H3. The third-order valence-electron chi connectivity index (χ3n) is 5.27. The van der Waals surface area contributed by atoms with Gasteiger partial charge in [0.2, 0.25) is 10.0 Å². The summed E-state index contributed by atoms with van der Waals surface area (Å²) in [6, 6.07) is 5.08. The molecular weight excluding hydrogens is 314 g/mol. The monoisotopic (exact) mass is 339 g/mol. The molecular formula is C17H25NO4S. The number of rotatable bonds is 4. The number of methoxy groups -OCH3 is 2. The summed E-state index contributed by atoms with van der Waals surface area (Å²) >= 11 is 0. The van der Waals surface area contributed by atoms with Crippen LogP contribution in [0.25, 0.3) is 0 Å². The van der Waals surface area contributed by atoms with Gasteiger partial charge < -0.3 is 9.47 Å². The third kappa shape index (κ3) is 2.94. The van der Waals surface area contributed by atoms with Gasteiger partial charge in [0.25, 0.3) is 0 Å². The van der Waals surface area contributed by atoms with Crippen molar-refractivity contribution < 1.29 is 17.9 Å². The highest BCUT2D eigenvalue weighted by atomic mass is 32.2. The molecule has 0 aromatic heterocycles. The Kier molecular flexibility index (Phi) is 4.56. The fraction of sp³-hybridized carbons (Fsp3) is 0.647. The number of nitrogens with zero attached hydrogens (tertiary/aromatic N) is 1. The number of sulfonamides is 1. The summed E-state index contributed by atoms with van der Waals surface area (Å²) in [5.74, 6) is 0.686. The number of ether oxygens (including phenoxy) is 2.